The predicted molar refractivity (Wildman–Crippen MR) is 97.0 cm³/mol. The van der Waals surface area contributed by atoms with Gasteiger partial charge in [-0.1, -0.05) is 36.9 Å². The Morgan fingerprint density at radius 2 is 2.08 bits per heavy atom. The van der Waals surface area contributed by atoms with E-state index in [1.54, 1.807) is 12.1 Å². The Balaban J connectivity index is 1.64. The fourth-order valence-electron chi connectivity index (χ4n) is 4.06. The lowest BCUT2D eigenvalue weighted by Crippen LogP contribution is -2.26. The number of hydrogen-bond donors (Lipinski definition) is 2. The normalized spacial score (nSPS) is 21.0. The number of rotatable bonds is 3. The molecule has 1 saturated carbocycles. The number of nitrogens with one attached hydrogen (secondary N) is 1. The van der Waals surface area contributed by atoms with Crippen LogP contribution in [0.3, 0.4) is 0 Å². The van der Waals surface area contributed by atoms with Crippen LogP contribution in [0.2, 0.25) is 5.02 Å². The van der Waals surface area contributed by atoms with Crippen molar-refractivity contribution in [2.24, 2.45) is 5.92 Å². The summed E-state index contributed by atoms with van der Waals surface area (Å²) in [6, 6.07) is 5.14. The van der Waals surface area contributed by atoms with Gasteiger partial charge in [0, 0.05) is 24.4 Å². The first-order valence-corrected chi connectivity index (χ1v) is 9.33. The van der Waals surface area contributed by atoms with Crippen molar-refractivity contribution in [1.29, 1.82) is 0 Å². The van der Waals surface area contributed by atoms with E-state index < -0.39 is 0 Å². The minimum Gasteiger partial charge on any atom is -0.506 e. The molecule has 2 aromatic rings. The number of aromatic nitrogens is 2. The molecule has 0 bridgehead atoms. The van der Waals surface area contributed by atoms with Crippen LogP contribution in [0.4, 0.5) is 5.82 Å². The van der Waals surface area contributed by atoms with E-state index in [-0.39, 0.29) is 17.6 Å². The molecule has 1 fully saturated rings. The highest BCUT2D eigenvalue weighted by atomic mass is 35.5. The summed E-state index contributed by atoms with van der Waals surface area (Å²) in [5, 5.41) is 17.5. The number of benzene rings is 1. The van der Waals surface area contributed by atoms with Gasteiger partial charge in [-0.15, -0.1) is 0 Å². The van der Waals surface area contributed by atoms with Crippen molar-refractivity contribution in [2.45, 2.75) is 51.0 Å². The molecule has 4 rings (SSSR count). The third-order valence-corrected chi connectivity index (χ3v) is 5.72. The number of amides is 1. The van der Waals surface area contributed by atoms with E-state index >= 15 is 0 Å². The minimum absolute atomic E-state index is 0.00732. The summed E-state index contributed by atoms with van der Waals surface area (Å²) in [6.07, 6.45) is 8.60. The number of anilines is 1. The molecule has 5 nitrogen and oxygen atoms in total. The van der Waals surface area contributed by atoms with Crippen molar-refractivity contribution < 1.29 is 9.90 Å². The number of nitrogens with zero attached hydrogens (tertiary/aromatic N) is 2. The van der Waals surface area contributed by atoms with Crippen LogP contribution in [0, 0.1) is 5.92 Å². The van der Waals surface area contributed by atoms with Crippen molar-refractivity contribution in [1.82, 2.24) is 9.78 Å². The molecule has 0 saturated heterocycles. The first-order chi connectivity index (χ1) is 12.1. The maximum atomic E-state index is 12.3. The van der Waals surface area contributed by atoms with E-state index in [1.807, 2.05) is 16.9 Å². The van der Waals surface area contributed by atoms with Crippen LogP contribution in [0.1, 0.15) is 55.6 Å². The van der Waals surface area contributed by atoms with Crippen LogP contribution in [-0.2, 0) is 11.3 Å². The van der Waals surface area contributed by atoms with Gasteiger partial charge < -0.3 is 10.4 Å². The lowest BCUT2D eigenvalue weighted by Gasteiger charge is -2.26. The zero-order valence-corrected chi connectivity index (χ0v) is 14.8. The molecule has 1 aromatic carbocycles. The van der Waals surface area contributed by atoms with E-state index in [0.29, 0.717) is 17.4 Å². The molecule has 2 aliphatic rings. The van der Waals surface area contributed by atoms with Crippen molar-refractivity contribution in [3.05, 3.63) is 40.5 Å². The maximum absolute atomic E-state index is 12.3. The molecule has 2 heterocycles. The Bertz CT molecular complexity index is 796. The molecular formula is C19H22ClN3O2. The second kappa shape index (κ2) is 6.71. The molecular weight excluding hydrogens is 338 g/mol. The van der Waals surface area contributed by atoms with Gasteiger partial charge >= 0.3 is 0 Å². The zero-order chi connectivity index (χ0) is 17.4. The summed E-state index contributed by atoms with van der Waals surface area (Å²) in [5.41, 5.74) is 1.95. The number of carbonyl (C=O) groups is 1. The second-order valence-electron chi connectivity index (χ2n) is 7.15. The van der Waals surface area contributed by atoms with Gasteiger partial charge in [0.15, 0.2) is 0 Å². The Kier molecular flexibility index (Phi) is 4.42. The largest absolute Gasteiger partial charge is 0.506 e. The number of hydrogen-bond acceptors (Lipinski definition) is 3. The summed E-state index contributed by atoms with van der Waals surface area (Å²) in [6.45, 7) is 0.860. The fourth-order valence-corrected chi connectivity index (χ4v) is 4.25. The standard InChI is InChI=1S/C19H22ClN3O2/c20-16-8-13(6-7-17(16)24)14-9-18(25)22-19-15(14)10-21-23(19)11-12-4-2-1-3-5-12/h6-8,10,12,14,24H,1-5,9,11H2,(H,22,25). The average molecular weight is 360 g/mol. The van der Waals surface area contributed by atoms with Crippen LogP contribution < -0.4 is 5.32 Å². The van der Waals surface area contributed by atoms with Gasteiger partial charge in [-0.05, 0) is 36.5 Å². The van der Waals surface area contributed by atoms with E-state index in [1.165, 1.54) is 32.1 Å². The van der Waals surface area contributed by atoms with Crippen molar-refractivity contribution in [3.63, 3.8) is 0 Å². The van der Waals surface area contributed by atoms with Crippen LogP contribution in [0.25, 0.3) is 0 Å². The summed E-state index contributed by atoms with van der Waals surface area (Å²) in [7, 11) is 0. The quantitative estimate of drug-likeness (QED) is 0.858. The number of phenolic OH excluding ortho intramolecular Hbond substituents is 1. The summed E-state index contributed by atoms with van der Waals surface area (Å²) < 4.78 is 1.96. The number of fused-ring (bicyclic) bond motifs is 1. The first kappa shape index (κ1) is 16.5. The lowest BCUT2D eigenvalue weighted by molar-refractivity contribution is -0.116. The molecule has 6 heteroatoms. The number of halogens is 1. The third kappa shape index (κ3) is 3.25. The van der Waals surface area contributed by atoms with Gasteiger partial charge in [-0.2, -0.15) is 5.10 Å². The predicted octanol–water partition coefficient (Wildman–Crippen LogP) is 4.30. The van der Waals surface area contributed by atoms with Gasteiger partial charge in [0.2, 0.25) is 5.91 Å². The summed E-state index contributed by atoms with van der Waals surface area (Å²) in [4.78, 5) is 12.3. The molecule has 132 valence electrons. The van der Waals surface area contributed by atoms with Gasteiger partial charge in [0.05, 0.1) is 11.2 Å². The Hall–Kier alpha value is -2.01. The molecule has 1 amide bonds. The van der Waals surface area contributed by atoms with Gasteiger partial charge in [-0.3, -0.25) is 4.79 Å². The van der Waals surface area contributed by atoms with E-state index in [4.69, 9.17) is 11.6 Å². The van der Waals surface area contributed by atoms with Crippen molar-refractivity contribution >= 4 is 23.3 Å². The Morgan fingerprint density at radius 3 is 2.84 bits per heavy atom. The average Bonchev–Trinajstić information content (AvgIpc) is 3.00. The molecule has 1 aliphatic heterocycles. The smallest absolute Gasteiger partial charge is 0.226 e. The minimum atomic E-state index is -0.0815. The molecule has 1 aromatic heterocycles. The highest BCUT2D eigenvalue weighted by Gasteiger charge is 2.31. The number of phenols is 1. The van der Waals surface area contributed by atoms with Gasteiger partial charge in [0.1, 0.15) is 11.6 Å². The van der Waals surface area contributed by atoms with E-state index in [9.17, 15) is 9.90 Å². The molecule has 1 aliphatic carbocycles. The Morgan fingerprint density at radius 1 is 1.28 bits per heavy atom. The maximum Gasteiger partial charge on any atom is 0.226 e. The molecule has 0 radical (unpaired) electrons. The van der Waals surface area contributed by atoms with Gasteiger partial charge in [0.25, 0.3) is 0 Å². The van der Waals surface area contributed by atoms with Crippen LogP contribution in [0.5, 0.6) is 5.75 Å². The van der Waals surface area contributed by atoms with Crippen LogP contribution in [-0.4, -0.2) is 20.8 Å². The number of carbonyl (C=O) groups excluding carboxylic acids is 1. The van der Waals surface area contributed by atoms with Crippen molar-refractivity contribution in [3.8, 4) is 5.75 Å². The molecule has 1 atom stereocenters. The zero-order valence-electron chi connectivity index (χ0n) is 14.0. The Labute approximate surface area is 152 Å². The molecule has 0 spiro atoms. The highest BCUT2D eigenvalue weighted by Crippen LogP contribution is 2.39. The lowest BCUT2D eigenvalue weighted by atomic mass is 9.87. The molecule has 1 unspecified atom stereocenters. The molecule has 2 N–H and O–H groups in total. The van der Waals surface area contributed by atoms with E-state index in [0.717, 1.165) is 23.5 Å². The van der Waals surface area contributed by atoms with Crippen molar-refractivity contribution in [2.75, 3.05) is 5.32 Å². The van der Waals surface area contributed by atoms with Gasteiger partial charge in [-0.25, -0.2) is 4.68 Å². The van der Waals surface area contributed by atoms with Crippen LogP contribution >= 0.6 is 11.6 Å². The van der Waals surface area contributed by atoms with E-state index in [2.05, 4.69) is 10.4 Å². The summed E-state index contributed by atoms with van der Waals surface area (Å²) in [5.74, 6) is 1.42. The first-order valence-electron chi connectivity index (χ1n) is 8.96. The number of aromatic hydroxyl groups is 1. The molecule has 25 heavy (non-hydrogen) atoms. The fraction of sp³-hybridized carbons (Fsp3) is 0.474. The van der Waals surface area contributed by atoms with Crippen LogP contribution in [0.15, 0.2) is 24.4 Å². The highest BCUT2D eigenvalue weighted by molar-refractivity contribution is 6.32. The summed E-state index contributed by atoms with van der Waals surface area (Å²) >= 11 is 6.06. The third-order valence-electron chi connectivity index (χ3n) is 5.42. The SMILES string of the molecule is O=C1CC(c2ccc(O)c(Cl)c2)c2cnn(CC3CCCCC3)c2N1. The topological polar surface area (TPSA) is 67.1 Å². The monoisotopic (exact) mass is 359 g/mol. The second-order valence-corrected chi connectivity index (χ2v) is 7.56.